The van der Waals surface area contributed by atoms with Crippen molar-refractivity contribution in [3.05, 3.63) is 40.7 Å². The fourth-order valence-electron chi connectivity index (χ4n) is 2.66. The highest BCUT2D eigenvalue weighted by molar-refractivity contribution is 7.13. The van der Waals surface area contributed by atoms with Crippen LogP contribution in [-0.2, 0) is 0 Å². The van der Waals surface area contributed by atoms with E-state index in [4.69, 9.17) is 16.6 Å². The quantitative estimate of drug-likeness (QED) is 0.638. The number of benzene rings is 1. The van der Waals surface area contributed by atoms with Gasteiger partial charge in [-0.3, -0.25) is 0 Å². The van der Waals surface area contributed by atoms with Crippen molar-refractivity contribution in [3.8, 4) is 10.7 Å². The number of rotatable bonds is 2. The first-order valence-electron chi connectivity index (χ1n) is 6.54. The molecule has 3 aromatic rings. The summed E-state index contributed by atoms with van der Waals surface area (Å²) in [6.07, 6.45) is 3.81. The maximum absolute atomic E-state index is 6.15. The number of thiophene rings is 1. The Bertz CT molecular complexity index is 726. The summed E-state index contributed by atoms with van der Waals surface area (Å²) < 4.78 is 2.39. The number of halogens is 1. The second-order valence-corrected chi connectivity index (χ2v) is 6.38. The minimum absolute atomic E-state index is 0.584. The summed E-state index contributed by atoms with van der Waals surface area (Å²) in [5, 5.41) is 2.89. The van der Waals surface area contributed by atoms with Gasteiger partial charge in [-0.2, -0.15) is 0 Å². The second-order valence-electron chi connectivity index (χ2n) is 5.00. The highest BCUT2D eigenvalue weighted by Crippen LogP contribution is 2.39. The fourth-order valence-corrected chi connectivity index (χ4v) is 3.54. The third-order valence-corrected chi connectivity index (χ3v) is 4.93. The maximum atomic E-state index is 6.15. The van der Waals surface area contributed by atoms with Crippen LogP contribution in [0, 0.1) is 0 Å². The molecule has 0 unspecified atom stereocenters. The van der Waals surface area contributed by atoms with Gasteiger partial charge in [-0.15, -0.1) is 11.3 Å². The predicted molar refractivity (Wildman–Crippen MR) is 80.9 cm³/mol. The number of imidazole rings is 1. The summed E-state index contributed by atoms with van der Waals surface area (Å²) in [6.45, 7) is 0. The predicted octanol–water partition coefficient (Wildman–Crippen LogP) is 5.14. The van der Waals surface area contributed by atoms with Crippen LogP contribution in [0.1, 0.15) is 25.3 Å². The molecule has 2 nitrogen and oxygen atoms in total. The van der Waals surface area contributed by atoms with Crippen molar-refractivity contribution >= 4 is 34.0 Å². The van der Waals surface area contributed by atoms with Gasteiger partial charge in [0.05, 0.1) is 15.9 Å². The molecular weight excluding hydrogens is 276 g/mol. The molecule has 0 saturated heterocycles. The number of fused-ring (bicyclic) bond motifs is 1. The van der Waals surface area contributed by atoms with Gasteiger partial charge in [-0.1, -0.05) is 17.7 Å². The van der Waals surface area contributed by atoms with E-state index in [2.05, 4.69) is 22.1 Å². The van der Waals surface area contributed by atoms with Gasteiger partial charge in [-0.25, -0.2) is 4.98 Å². The topological polar surface area (TPSA) is 17.8 Å². The Balaban J connectivity index is 2.01. The summed E-state index contributed by atoms with van der Waals surface area (Å²) in [4.78, 5) is 6.05. The lowest BCUT2D eigenvalue weighted by Gasteiger charge is -2.29. The molecule has 96 valence electrons. The summed E-state index contributed by atoms with van der Waals surface area (Å²) in [5.41, 5.74) is 2.21. The van der Waals surface area contributed by atoms with E-state index < -0.39 is 0 Å². The largest absolute Gasteiger partial charge is 0.320 e. The van der Waals surface area contributed by atoms with Crippen molar-refractivity contribution in [2.24, 2.45) is 0 Å². The van der Waals surface area contributed by atoms with Crippen LogP contribution in [0.4, 0.5) is 0 Å². The van der Waals surface area contributed by atoms with Crippen LogP contribution >= 0.6 is 22.9 Å². The van der Waals surface area contributed by atoms with E-state index in [9.17, 15) is 0 Å². The van der Waals surface area contributed by atoms with Crippen LogP contribution in [-0.4, -0.2) is 9.55 Å². The lowest BCUT2D eigenvalue weighted by molar-refractivity contribution is 0.323. The van der Waals surface area contributed by atoms with E-state index in [0.29, 0.717) is 6.04 Å². The molecule has 1 aliphatic rings. The first-order chi connectivity index (χ1) is 9.33. The Morgan fingerprint density at radius 3 is 2.84 bits per heavy atom. The highest BCUT2D eigenvalue weighted by Gasteiger charge is 2.25. The van der Waals surface area contributed by atoms with Crippen molar-refractivity contribution in [2.75, 3.05) is 0 Å². The summed E-state index contributed by atoms with van der Waals surface area (Å²) in [5.74, 6) is 1.09. The maximum Gasteiger partial charge on any atom is 0.151 e. The minimum Gasteiger partial charge on any atom is -0.320 e. The number of hydrogen-bond acceptors (Lipinski definition) is 2. The van der Waals surface area contributed by atoms with Crippen LogP contribution in [0.5, 0.6) is 0 Å². The van der Waals surface area contributed by atoms with E-state index in [1.165, 1.54) is 29.7 Å². The van der Waals surface area contributed by atoms with E-state index in [1.54, 1.807) is 11.3 Å². The lowest BCUT2D eigenvalue weighted by atomic mass is 9.92. The first kappa shape index (κ1) is 11.5. The molecule has 2 heterocycles. The molecule has 0 aliphatic heterocycles. The van der Waals surface area contributed by atoms with Crippen LogP contribution in [0.15, 0.2) is 35.7 Å². The van der Waals surface area contributed by atoms with Gasteiger partial charge in [0.15, 0.2) is 5.82 Å². The molecule has 0 atom stereocenters. The zero-order valence-corrected chi connectivity index (χ0v) is 11.9. The molecule has 4 rings (SSSR count). The normalized spacial score (nSPS) is 15.8. The number of aromatic nitrogens is 2. The van der Waals surface area contributed by atoms with Crippen LogP contribution in [0.3, 0.4) is 0 Å². The molecule has 1 saturated carbocycles. The van der Waals surface area contributed by atoms with Gasteiger partial charge in [-0.05, 0) is 48.9 Å². The van der Waals surface area contributed by atoms with E-state index in [1.807, 2.05) is 18.2 Å². The molecular formula is C15H13ClN2S. The van der Waals surface area contributed by atoms with Crippen LogP contribution < -0.4 is 0 Å². The van der Waals surface area contributed by atoms with E-state index >= 15 is 0 Å². The molecule has 1 fully saturated rings. The van der Waals surface area contributed by atoms with Crippen LogP contribution in [0.2, 0.25) is 5.02 Å². The molecule has 0 radical (unpaired) electrons. The van der Waals surface area contributed by atoms with Gasteiger partial charge in [0, 0.05) is 11.1 Å². The van der Waals surface area contributed by atoms with Gasteiger partial charge >= 0.3 is 0 Å². The van der Waals surface area contributed by atoms with Crippen molar-refractivity contribution in [2.45, 2.75) is 25.3 Å². The van der Waals surface area contributed by atoms with Crippen molar-refractivity contribution in [1.82, 2.24) is 9.55 Å². The molecule has 2 aromatic heterocycles. The highest BCUT2D eigenvalue weighted by atomic mass is 35.5. The molecule has 0 N–H and O–H groups in total. The Hall–Kier alpha value is -1.32. The van der Waals surface area contributed by atoms with Crippen molar-refractivity contribution in [1.29, 1.82) is 0 Å². The average Bonchev–Trinajstić information content (AvgIpc) is 2.95. The van der Waals surface area contributed by atoms with Crippen molar-refractivity contribution in [3.63, 3.8) is 0 Å². The molecule has 4 heteroatoms. The zero-order valence-electron chi connectivity index (χ0n) is 10.3. The molecule has 0 amide bonds. The second kappa shape index (κ2) is 4.36. The molecule has 0 spiro atoms. The Kier molecular flexibility index (Phi) is 2.64. The van der Waals surface area contributed by atoms with Crippen LogP contribution in [0.25, 0.3) is 21.7 Å². The van der Waals surface area contributed by atoms with Gasteiger partial charge in [0.2, 0.25) is 0 Å². The Morgan fingerprint density at radius 2 is 2.16 bits per heavy atom. The number of nitrogens with zero attached hydrogens (tertiary/aromatic N) is 2. The smallest absolute Gasteiger partial charge is 0.151 e. The fraction of sp³-hybridized carbons (Fsp3) is 0.267. The molecule has 1 aliphatic carbocycles. The summed E-state index contributed by atoms with van der Waals surface area (Å²) in [6, 6.07) is 10.8. The third kappa shape index (κ3) is 1.80. The SMILES string of the molecule is Clc1ccc2nc(-c3cccs3)n(C3CCC3)c2c1. The zero-order chi connectivity index (χ0) is 12.8. The Labute approximate surface area is 120 Å². The standard InChI is InChI=1S/C15H13ClN2S/c16-10-6-7-12-13(9-10)18(11-3-1-4-11)15(17-12)14-5-2-8-19-14/h2,5-9,11H,1,3-4H2. The molecule has 19 heavy (non-hydrogen) atoms. The number of hydrogen-bond donors (Lipinski definition) is 0. The first-order valence-corrected chi connectivity index (χ1v) is 7.80. The third-order valence-electron chi connectivity index (χ3n) is 3.83. The van der Waals surface area contributed by atoms with E-state index in [0.717, 1.165) is 16.4 Å². The van der Waals surface area contributed by atoms with Gasteiger partial charge < -0.3 is 4.57 Å². The molecule has 0 bridgehead atoms. The van der Waals surface area contributed by atoms with E-state index in [-0.39, 0.29) is 0 Å². The lowest BCUT2D eigenvalue weighted by Crippen LogP contribution is -2.17. The van der Waals surface area contributed by atoms with Gasteiger partial charge in [0.1, 0.15) is 0 Å². The Morgan fingerprint density at radius 1 is 1.26 bits per heavy atom. The summed E-state index contributed by atoms with van der Waals surface area (Å²) in [7, 11) is 0. The minimum atomic E-state index is 0.584. The average molecular weight is 289 g/mol. The monoisotopic (exact) mass is 288 g/mol. The molecule has 1 aromatic carbocycles. The van der Waals surface area contributed by atoms with Crippen molar-refractivity contribution < 1.29 is 0 Å². The van der Waals surface area contributed by atoms with Gasteiger partial charge in [0.25, 0.3) is 0 Å². The summed E-state index contributed by atoms with van der Waals surface area (Å²) >= 11 is 7.90.